The molecule has 0 saturated heterocycles. The largest absolute Gasteiger partial charge is 0.300 e. The lowest BCUT2D eigenvalue weighted by Crippen LogP contribution is -2.37. The Balaban J connectivity index is 1.49. The van der Waals surface area contributed by atoms with E-state index in [1.54, 1.807) is 17.5 Å². The number of rotatable bonds is 5. The molecular formula is C18H12N4O6S2. The van der Waals surface area contributed by atoms with Crippen molar-refractivity contribution in [3.05, 3.63) is 69.6 Å². The first-order chi connectivity index (χ1) is 14.3. The Morgan fingerprint density at radius 3 is 2.70 bits per heavy atom. The van der Waals surface area contributed by atoms with E-state index in [1.807, 2.05) is 0 Å². The average molecular weight is 444 g/mol. The molecule has 0 saturated carbocycles. The maximum Gasteiger partial charge on any atom is 0.270 e. The van der Waals surface area contributed by atoms with Crippen LogP contribution in [0.15, 0.2) is 58.8 Å². The summed E-state index contributed by atoms with van der Waals surface area (Å²) in [4.78, 5) is 39.2. The number of hydrogen-bond acceptors (Lipinski definition) is 8. The van der Waals surface area contributed by atoms with Crippen molar-refractivity contribution in [1.29, 1.82) is 0 Å². The Morgan fingerprint density at radius 1 is 1.20 bits per heavy atom. The van der Waals surface area contributed by atoms with Crippen molar-refractivity contribution >= 4 is 44.0 Å². The number of nitrogens with zero attached hydrogens (tertiary/aromatic N) is 3. The number of benzene rings is 2. The first-order valence-corrected chi connectivity index (χ1v) is 10.8. The van der Waals surface area contributed by atoms with Crippen molar-refractivity contribution in [2.45, 2.75) is 4.90 Å². The molecule has 1 aliphatic rings. The number of carbonyl (C=O) groups excluding carboxylic acids is 2. The second kappa shape index (κ2) is 7.31. The van der Waals surface area contributed by atoms with Crippen LogP contribution in [0, 0.1) is 10.1 Å². The van der Waals surface area contributed by atoms with Gasteiger partial charge < -0.3 is 5.32 Å². The number of nitro groups is 1. The molecular weight excluding hydrogens is 432 g/mol. The molecule has 0 unspecified atom stereocenters. The number of anilines is 1. The van der Waals surface area contributed by atoms with Gasteiger partial charge in [0.1, 0.15) is 11.4 Å². The van der Waals surface area contributed by atoms with E-state index in [0.29, 0.717) is 15.6 Å². The molecule has 2 aromatic carbocycles. The summed E-state index contributed by atoms with van der Waals surface area (Å²) in [5, 5.41) is 15.1. The monoisotopic (exact) mass is 444 g/mol. The Labute approximate surface area is 174 Å². The van der Waals surface area contributed by atoms with E-state index >= 15 is 0 Å². The van der Waals surface area contributed by atoms with Crippen molar-refractivity contribution in [3.8, 4) is 11.3 Å². The third kappa shape index (κ3) is 3.42. The molecule has 152 valence electrons. The molecule has 0 spiro atoms. The summed E-state index contributed by atoms with van der Waals surface area (Å²) < 4.78 is 25.5. The molecule has 1 aliphatic heterocycles. The van der Waals surface area contributed by atoms with Gasteiger partial charge in [-0.05, 0) is 12.1 Å². The molecule has 0 radical (unpaired) electrons. The second-order valence-electron chi connectivity index (χ2n) is 6.21. The first kappa shape index (κ1) is 19.7. The average Bonchev–Trinajstić information content (AvgIpc) is 3.26. The Kier molecular flexibility index (Phi) is 4.79. The van der Waals surface area contributed by atoms with Gasteiger partial charge in [0.15, 0.2) is 5.13 Å². The van der Waals surface area contributed by atoms with E-state index in [9.17, 15) is 28.1 Å². The fourth-order valence-corrected chi connectivity index (χ4v) is 5.18. The van der Waals surface area contributed by atoms with Gasteiger partial charge >= 0.3 is 0 Å². The molecule has 12 heteroatoms. The van der Waals surface area contributed by atoms with Gasteiger partial charge in [0.2, 0.25) is 5.91 Å². The number of nitrogens with one attached hydrogen (secondary N) is 1. The number of sulfonamides is 1. The highest BCUT2D eigenvalue weighted by Crippen LogP contribution is 2.30. The number of nitro benzene ring substituents is 1. The zero-order chi connectivity index (χ0) is 21.5. The van der Waals surface area contributed by atoms with Crippen LogP contribution in [0.1, 0.15) is 10.4 Å². The van der Waals surface area contributed by atoms with Gasteiger partial charge in [-0.15, -0.1) is 11.3 Å². The number of amides is 2. The Hall–Kier alpha value is -3.64. The van der Waals surface area contributed by atoms with Crippen molar-refractivity contribution < 1.29 is 22.9 Å². The fourth-order valence-electron chi connectivity index (χ4n) is 2.92. The summed E-state index contributed by atoms with van der Waals surface area (Å²) in [7, 11) is -4.09. The molecule has 2 amide bonds. The van der Waals surface area contributed by atoms with Crippen molar-refractivity contribution in [2.24, 2.45) is 0 Å². The maximum atomic E-state index is 12.5. The van der Waals surface area contributed by atoms with E-state index in [1.165, 1.54) is 36.4 Å². The molecule has 0 bridgehead atoms. The summed E-state index contributed by atoms with van der Waals surface area (Å²) in [6.07, 6.45) is 0. The van der Waals surface area contributed by atoms with Gasteiger partial charge in [0, 0.05) is 23.1 Å². The maximum absolute atomic E-state index is 12.5. The normalized spacial score (nSPS) is 14.4. The van der Waals surface area contributed by atoms with Crippen LogP contribution in [0.2, 0.25) is 0 Å². The van der Waals surface area contributed by atoms with Crippen molar-refractivity contribution in [1.82, 2.24) is 9.29 Å². The topological polar surface area (TPSA) is 140 Å². The van der Waals surface area contributed by atoms with Crippen LogP contribution in [0.5, 0.6) is 0 Å². The molecule has 10 nitrogen and oxygen atoms in total. The minimum absolute atomic E-state index is 0.0208. The van der Waals surface area contributed by atoms with Gasteiger partial charge in [-0.1, -0.05) is 24.3 Å². The van der Waals surface area contributed by atoms with Crippen LogP contribution in [0.4, 0.5) is 10.8 Å². The van der Waals surface area contributed by atoms with E-state index in [2.05, 4.69) is 10.3 Å². The molecule has 1 N–H and O–H groups in total. The summed E-state index contributed by atoms with van der Waals surface area (Å²) in [5.41, 5.74) is 0.834. The summed E-state index contributed by atoms with van der Waals surface area (Å²) in [5.74, 6) is -1.50. The summed E-state index contributed by atoms with van der Waals surface area (Å²) in [6, 6.07) is 11.6. The molecule has 0 atom stereocenters. The zero-order valence-corrected chi connectivity index (χ0v) is 16.6. The Morgan fingerprint density at radius 2 is 1.97 bits per heavy atom. The lowest BCUT2D eigenvalue weighted by atomic mass is 10.1. The molecule has 30 heavy (non-hydrogen) atoms. The molecule has 0 fully saturated rings. The highest BCUT2D eigenvalue weighted by molar-refractivity contribution is 7.90. The van der Waals surface area contributed by atoms with Crippen LogP contribution in [0.25, 0.3) is 11.3 Å². The second-order valence-corrected chi connectivity index (χ2v) is 8.90. The minimum Gasteiger partial charge on any atom is -0.300 e. The quantitative estimate of drug-likeness (QED) is 0.471. The molecule has 3 aromatic rings. The van der Waals surface area contributed by atoms with Crippen molar-refractivity contribution in [2.75, 3.05) is 11.9 Å². The smallest absolute Gasteiger partial charge is 0.270 e. The first-order valence-electron chi connectivity index (χ1n) is 8.43. The number of carbonyl (C=O) groups is 2. The SMILES string of the molecule is O=C(CN1C(=O)c2ccccc2S1(=O)=O)Nc1nc(-c2cccc([N+](=O)[O-])c2)cs1. The van der Waals surface area contributed by atoms with Crippen LogP contribution < -0.4 is 5.32 Å². The predicted octanol–water partition coefficient (Wildman–Crippen LogP) is 2.50. The number of fused-ring (bicyclic) bond motifs is 1. The van der Waals surface area contributed by atoms with E-state index in [-0.39, 0.29) is 21.3 Å². The predicted molar refractivity (Wildman–Crippen MR) is 107 cm³/mol. The molecule has 0 aliphatic carbocycles. The highest BCUT2D eigenvalue weighted by Gasteiger charge is 2.41. The van der Waals surface area contributed by atoms with Crippen LogP contribution in [-0.4, -0.2) is 41.0 Å². The third-order valence-corrected chi connectivity index (χ3v) is 6.85. The fraction of sp³-hybridized carbons (Fsp3) is 0.0556. The number of thiazole rings is 1. The third-order valence-electron chi connectivity index (χ3n) is 4.30. The van der Waals surface area contributed by atoms with Crippen molar-refractivity contribution in [3.63, 3.8) is 0 Å². The van der Waals surface area contributed by atoms with Crippen LogP contribution in [-0.2, 0) is 14.8 Å². The summed E-state index contributed by atoms with van der Waals surface area (Å²) >= 11 is 1.07. The summed E-state index contributed by atoms with van der Waals surface area (Å²) in [6.45, 7) is -0.693. The standard InChI is InChI=1S/C18H12N4O6S2/c23-16(9-21-17(24)13-6-1-2-7-15(13)30(21,27)28)20-18-19-14(10-29-18)11-4-3-5-12(8-11)22(25)26/h1-8,10H,9H2,(H,19,20,23). The Bertz CT molecular complexity index is 1300. The zero-order valence-electron chi connectivity index (χ0n) is 15.0. The lowest BCUT2D eigenvalue weighted by Gasteiger charge is -2.13. The minimum atomic E-state index is -4.09. The van der Waals surface area contributed by atoms with Gasteiger partial charge in [-0.3, -0.25) is 19.7 Å². The van der Waals surface area contributed by atoms with E-state index in [4.69, 9.17) is 0 Å². The highest BCUT2D eigenvalue weighted by atomic mass is 32.2. The van der Waals surface area contributed by atoms with Crippen LogP contribution in [0.3, 0.4) is 0 Å². The number of hydrogen-bond donors (Lipinski definition) is 1. The van der Waals surface area contributed by atoms with Gasteiger partial charge in [-0.25, -0.2) is 17.7 Å². The lowest BCUT2D eigenvalue weighted by molar-refractivity contribution is -0.384. The number of non-ortho nitro benzene ring substituents is 1. The molecule has 2 heterocycles. The molecule has 1 aromatic heterocycles. The van der Waals surface area contributed by atoms with E-state index in [0.717, 1.165) is 11.3 Å². The van der Waals surface area contributed by atoms with Gasteiger partial charge in [0.25, 0.3) is 21.6 Å². The van der Waals surface area contributed by atoms with Crippen LogP contribution >= 0.6 is 11.3 Å². The van der Waals surface area contributed by atoms with E-state index < -0.39 is 33.3 Å². The van der Waals surface area contributed by atoms with Gasteiger partial charge in [-0.2, -0.15) is 0 Å². The molecule has 4 rings (SSSR count). The number of aromatic nitrogens is 1. The van der Waals surface area contributed by atoms with Gasteiger partial charge in [0.05, 0.1) is 16.2 Å².